The van der Waals surface area contributed by atoms with Gasteiger partial charge in [-0.3, -0.25) is 10.1 Å². The standard InChI is InChI=1S/C16H14ClNO6/c1-22-14-5-3-11(17)7-10(14)9-24-16(19)13-8-12(18(20)21)4-6-15(13)23-2/h3-8H,9H2,1-2H3. The van der Waals surface area contributed by atoms with Gasteiger partial charge in [0.15, 0.2) is 0 Å². The Morgan fingerprint density at radius 2 is 1.79 bits per heavy atom. The number of non-ortho nitro benzene ring substituents is 1. The van der Waals surface area contributed by atoms with Crippen molar-refractivity contribution in [2.24, 2.45) is 0 Å². The Balaban J connectivity index is 2.22. The molecule has 0 aliphatic rings. The van der Waals surface area contributed by atoms with E-state index in [1.165, 1.54) is 26.4 Å². The van der Waals surface area contributed by atoms with E-state index in [4.69, 9.17) is 25.8 Å². The number of benzene rings is 2. The van der Waals surface area contributed by atoms with Gasteiger partial charge >= 0.3 is 5.97 Å². The molecule has 0 bridgehead atoms. The Morgan fingerprint density at radius 1 is 1.12 bits per heavy atom. The first-order valence-electron chi connectivity index (χ1n) is 6.78. The van der Waals surface area contributed by atoms with E-state index in [0.29, 0.717) is 16.3 Å². The number of carbonyl (C=O) groups excluding carboxylic acids is 1. The van der Waals surface area contributed by atoms with Crippen molar-refractivity contribution in [2.45, 2.75) is 6.61 Å². The molecule has 24 heavy (non-hydrogen) atoms. The number of ether oxygens (including phenoxy) is 3. The van der Waals surface area contributed by atoms with Gasteiger partial charge in [0.25, 0.3) is 5.69 Å². The summed E-state index contributed by atoms with van der Waals surface area (Å²) in [5, 5.41) is 11.3. The van der Waals surface area contributed by atoms with Crippen LogP contribution in [0.2, 0.25) is 5.02 Å². The van der Waals surface area contributed by atoms with Crippen LogP contribution in [0.4, 0.5) is 5.69 Å². The first-order chi connectivity index (χ1) is 11.5. The van der Waals surface area contributed by atoms with Crippen LogP contribution in [0.25, 0.3) is 0 Å². The predicted molar refractivity (Wildman–Crippen MR) is 86.8 cm³/mol. The summed E-state index contributed by atoms with van der Waals surface area (Å²) in [5.74, 6) is -0.0561. The highest BCUT2D eigenvalue weighted by Gasteiger charge is 2.19. The van der Waals surface area contributed by atoms with Crippen molar-refractivity contribution in [3.63, 3.8) is 0 Å². The fourth-order valence-corrected chi connectivity index (χ4v) is 2.24. The van der Waals surface area contributed by atoms with E-state index in [-0.39, 0.29) is 23.6 Å². The number of nitrogens with zero attached hydrogens (tertiary/aromatic N) is 1. The van der Waals surface area contributed by atoms with E-state index in [0.717, 1.165) is 6.07 Å². The monoisotopic (exact) mass is 351 g/mol. The molecule has 0 unspecified atom stereocenters. The van der Waals surface area contributed by atoms with Crippen LogP contribution >= 0.6 is 11.6 Å². The first kappa shape index (κ1) is 17.6. The van der Waals surface area contributed by atoms with Crippen molar-refractivity contribution in [2.75, 3.05) is 14.2 Å². The van der Waals surface area contributed by atoms with Crippen molar-refractivity contribution in [3.05, 3.63) is 62.7 Å². The summed E-state index contributed by atoms with van der Waals surface area (Å²) in [6.07, 6.45) is 0. The Morgan fingerprint density at radius 3 is 2.42 bits per heavy atom. The van der Waals surface area contributed by atoms with E-state index < -0.39 is 10.9 Å². The Kier molecular flexibility index (Phi) is 5.59. The van der Waals surface area contributed by atoms with Crippen LogP contribution < -0.4 is 9.47 Å². The molecule has 0 aliphatic heterocycles. The number of esters is 1. The molecule has 0 aromatic heterocycles. The summed E-state index contributed by atoms with van der Waals surface area (Å²) >= 11 is 5.92. The van der Waals surface area contributed by atoms with Gasteiger partial charge in [0.05, 0.1) is 19.1 Å². The molecular weight excluding hydrogens is 338 g/mol. The summed E-state index contributed by atoms with van der Waals surface area (Å²) in [7, 11) is 2.84. The molecular formula is C16H14ClNO6. The number of nitro groups is 1. The highest BCUT2D eigenvalue weighted by atomic mass is 35.5. The fourth-order valence-electron chi connectivity index (χ4n) is 2.05. The van der Waals surface area contributed by atoms with Crippen LogP contribution in [0.1, 0.15) is 15.9 Å². The normalized spacial score (nSPS) is 10.1. The summed E-state index contributed by atoms with van der Waals surface area (Å²) in [5.41, 5.74) is 0.304. The molecule has 7 nitrogen and oxygen atoms in total. The molecule has 0 heterocycles. The minimum atomic E-state index is -0.752. The molecule has 0 amide bonds. The zero-order valence-electron chi connectivity index (χ0n) is 12.9. The lowest BCUT2D eigenvalue weighted by Crippen LogP contribution is -2.08. The number of methoxy groups -OCH3 is 2. The molecule has 0 saturated carbocycles. The highest BCUT2D eigenvalue weighted by Crippen LogP contribution is 2.27. The lowest BCUT2D eigenvalue weighted by atomic mass is 10.1. The topological polar surface area (TPSA) is 87.9 Å². The molecule has 2 aromatic carbocycles. The summed E-state index contributed by atoms with van der Waals surface area (Å²) in [4.78, 5) is 22.5. The van der Waals surface area contributed by atoms with Crippen LogP contribution in [0.5, 0.6) is 11.5 Å². The van der Waals surface area contributed by atoms with E-state index in [9.17, 15) is 14.9 Å². The van der Waals surface area contributed by atoms with Crippen molar-refractivity contribution >= 4 is 23.3 Å². The fraction of sp³-hybridized carbons (Fsp3) is 0.188. The van der Waals surface area contributed by atoms with Gasteiger partial charge in [0, 0.05) is 22.7 Å². The number of hydrogen-bond donors (Lipinski definition) is 0. The largest absolute Gasteiger partial charge is 0.496 e. The average Bonchev–Trinajstić information content (AvgIpc) is 2.59. The van der Waals surface area contributed by atoms with Gasteiger partial charge in [-0.25, -0.2) is 4.79 Å². The highest BCUT2D eigenvalue weighted by molar-refractivity contribution is 6.30. The minimum Gasteiger partial charge on any atom is -0.496 e. The SMILES string of the molecule is COc1ccc(Cl)cc1COC(=O)c1cc([N+](=O)[O-])ccc1OC. The summed E-state index contributed by atoms with van der Waals surface area (Å²) in [6, 6.07) is 8.60. The van der Waals surface area contributed by atoms with E-state index >= 15 is 0 Å². The smallest absolute Gasteiger partial charge is 0.342 e. The third kappa shape index (κ3) is 3.94. The maximum atomic E-state index is 12.3. The van der Waals surface area contributed by atoms with Crippen LogP contribution in [0.15, 0.2) is 36.4 Å². The first-order valence-corrected chi connectivity index (χ1v) is 7.16. The maximum absolute atomic E-state index is 12.3. The molecule has 0 fully saturated rings. The van der Waals surface area contributed by atoms with Gasteiger partial charge in [-0.2, -0.15) is 0 Å². The van der Waals surface area contributed by atoms with Gasteiger partial charge in [-0.15, -0.1) is 0 Å². The van der Waals surface area contributed by atoms with Crippen LogP contribution in [0.3, 0.4) is 0 Å². The third-order valence-electron chi connectivity index (χ3n) is 3.22. The minimum absolute atomic E-state index is 0.0345. The molecule has 0 atom stereocenters. The number of hydrogen-bond acceptors (Lipinski definition) is 6. The number of nitro benzene ring substituents is 1. The average molecular weight is 352 g/mol. The molecule has 0 N–H and O–H groups in total. The zero-order valence-corrected chi connectivity index (χ0v) is 13.7. The maximum Gasteiger partial charge on any atom is 0.342 e. The number of carbonyl (C=O) groups is 1. The second-order valence-electron chi connectivity index (χ2n) is 4.67. The zero-order chi connectivity index (χ0) is 17.7. The summed E-state index contributed by atoms with van der Waals surface area (Å²) < 4.78 is 15.4. The number of halogens is 1. The second kappa shape index (κ2) is 7.65. The van der Waals surface area contributed by atoms with Gasteiger partial charge < -0.3 is 14.2 Å². The van der Waals surface area contributed by atoms with E-state index in [1.54, 1.807) is 18.2 Å². The predicted octanol–water partition coefficient (Wildman–Crippen LogP) is 3.62. The Labute approximate surface area is 142 Å². The lowest BCUT2D eigenvalue weighted by Gasteiger charge is -2.11. The van der Waals surface area contributed by atoms with E-state index in [1.807, 2.05) is 0 Å². The quantitative estimate of drug-likeness (QED) is 0.448. The second-order valence-corrected chi connectivity index (χ2v) is 5.11. The lowest BCUT2D eigenvalue weighted by molar-refractivity contribution is -0.384. The molecule has 0 aliphatic carbocycles. The molecule has 0 radical (unpaired) electrons. The third-order valence-corrected chi connectivity index (χ3v) is 3.45. The van der Waals surface area contributed by atoms with Gasteiger partial charge in [-0.1, -0.05) is 11.6 Å². The van der Waals surface area contributed by atoms with Gasteiger partial charge in [0.2, 0.25) is 0 Å². The van der Waals surface area contributed by atoms with Crippen LogP contribution in [0, 0.1) is 10.1 Å². The van der Waals surface area contributed by atoms with Crippen molar-refractivity contribution < 1.29 is 23.9 Å². The molecule has 0 saturated heterocycles. The van der Waals surface area contributed by atoms with Crippen molar-refractivity contribution in [3.8, 4) is 11.5 Å². The molecule has 0 spiro atoms. The van der Waals surface area contributed by atoms with Gasteiger partial charge in [-0.05, 0) is 24.3 Å². The van der Waals surface area contributed by atoms with Gasteiger partial charge in [0.1, 0.15) is 23.7 Å². The Bertz CT molecular complexity index is 777. The van der Waals surface area contributed by atoms with Crippen molar-refractivity contribution in [1.29, 1.82) is 0 Å². The molecule has 126 valence electrons. The van der Waals surface area contributed by atoms with Crippen LogP contribution in [-0.4, -0.2) is 25.1 Å². The Hall–Kier alpha value is -2.80. The van der Waals surface area contributed by atoms with E-state index in [2.05, 4.69) is 0 Å². The summed E-state index contributed by atoms with van der Waals surface area (Å²) in [6.45, 7) is -0.103. The number of rotatable bonds is 6. The van der Waals surface area contributed by atoms with Crippen molar-refractivity contribution in [1.82, 2.24) is 0 Å². The molecule has 2 aromatic rings. The molecule has 2 rings (SSSR count). The van der Waals surface area contributed by atoms with Crippen LogP contribution in [-0.2, 0) is 11.3 Å². The molecule has 8 heteroatoms.